The Bertz CT molecular complexity index is 1960. The number of aryl methyl sites for hydroxylation is 1. The van der Waals surface area contributed by atoms with E-state index in [0.717, 1.165) is 101 Å². The Kier molecular flexibility index (Phi) is 19.0. The Morgan fingerprint density at radius 2 is 1.55 bits per heavy atom. The van der Waals surface area contributed by atoms with E-state index >= 15 is 0 Å². The minimum atomic E-state index is -0.364. The molecule has 318 valence electrons. The van der Waals surface area contributed by atoms with Crippen LogP contribution in [-0.2, 0) is 11.2 Å². The van der Waals surface area contributed by atoms with E-state index in [-0.39, 0.29) is 60.7 Å². The molecular weight excluding hydrogens is 803 g/mol. The Hall–Kier alpha value is -4.11. The quantitative estimate of drug-likeness (QED) is 0.135. The molecule has 2 aliphatic rings. The van der Waals surface area contributed by atoms with Gasteiger partial charge in [0.2, 0.25) is 5.91 Å². The van der Waals surface area contributed by atoms with Crippen LogP contribution in [0.3, 0.4) is 0 Å². The number of nitrogens with zero attached hydrogens (tertiary/aromatic N) is 6. The summed E-state index contributed by atoms with van der Waals surface area (Å²) < 4.78 is 11.8. The number of methoxy groups -OCH3 is 1. The Balaban J connectivity index is 0.00000300. The number of H-pyrrole nitrogens is 1. The van der Waals surface area contributed by atoms with E-state index in [2.05, 4.69) is 39.1 Å². The van der Waals surface area contributed by atoms with Gasteiger partial charge in [0.25, 0.3) is 11.8 Å². The molecule has 16 heteroatoms. The molecule has 2 fully saturated rings. The number of likely N-dealkylation sites (N-methyl/N-ethyl adjacent to an activating group) is 2. The second-order valence-electron chi connectivity index (χ2n) is 14.8. The van der Waals surface area contributed by atoms with Gasteiger partial charge in [0, 0.05) is 84.4 Å². The van der Waals surface area contributed by atoms with E-state index in [9.17, 15) is 14.4 Å². The van der Waals surface area contributed by atoms with Gasteiger partial charge in [-0.05, 0) is 88.3 Å². The fraction of sp³-hybridized carbons (Fsp3) is 0.476. The maximum absolute atomic E-state index is 13.8. The molecular formula is C42H59Cl3N8O5. The standard InChI is InChI=1S/C42H56N8O5.3ClH/c1-30-13-16-35(37(28-30)55-27-8-6-7-12-39(51)50-25-21-47(3)22-26-50)48(4)42(53)31-14-15-32(36(29-31)54-5)41(52)44-34-11-9-10-33-40(34)45-38(43-33)17-18-49-23-19-46(2)20-24-49;;;/h9-11,13-16,28-29H,6-8,12,17-27H2,1-5H3,(H,43,45)(H,44,52);3*1H. The Morgan fingerprint density at radius 1 is 0.845 bits per heavy atom. The van der Waals surface area contributed by atoms with Crippen molar-refractivity contribution in [2.24, 2.45) is 0 Å². The fourth-order valence-electron chi connectivity index (χ4n) is 7.11. The van der Waals surface area contributed by atoms with Crippen LogP contribution in [0, 0.1) is 6.92 Å². The zero-order chi connectivity index (χ0) is 38.9. The maximum atomic E-state index is 13.8. The van der Waals surface area contributed by atoms with E-state index < -0.39 is 0 Å². The number of fused-ring (bicyclic) bond motifs is 1. The summed E-state index contributed by atoms with van der Waals surface area (Å²) in [5.41, 5.74) is 4.47. The number of ether oxygens (including phenoxy) is 2. The average molecular weight is 862 g/mol. The number of nitrogens with one attached hydrogen (secondary N) is 2. The summed E-state index contributed by atoms with van der Waals surface area (Å²) in [6, 6.07) is 16.3. The number of rotatable bonds is 15. The lowest BCUT2D eigenvalue weighted by Crippen LogP contribution is -2.47. The third-order valence-electron chi connectivity index (χ3n) is 10.7. The highest BCUT2D eigenvalue weighted by Crippen LogP contribution is 2.32. The SMILES string of the molecule is COc1cc(C(=O)N(C)c2ccc(C)cc2OCCCCCC(=O)N2CCN(C)CC2)ccc1C(=O)Nc1cccc2[nH]c(CCN3CCN(C)CC3)nc12.Cl.Cl.Cl. The van der Waals surface area contributed by atoms with Crippen molar-refractivity contribution in [1.29, 1.82) is 0 Å². The van der Waals surface area contributed by atoms with Crippen LogP contribution in [0.15, 0.2) is 54.6 Å². The van der Waals surface area contributed by atoms with Gasteiger partial charge in [-0.3, -0.25) is 14.4 Å². The lowest BCUT2D eigenvalue weighted by Gasteiger charge is -2.32. The number of para-hydroxylation sites is 1. The van der Waals surface area contributed by atoms with Crippen molar-refractivity contribution in [2.45, 2.75) is 39.0 Å². The lowest BCUT2D eigenvalue weighted by molar-refractivity contribution is -0.132. The van der Waals surface area contributed by atoms with Gasteiger partial charge in [-0.15, -0.1) is 37.2 Å². The van der Waals surface area contributed by atoms with Gasteiger partial charge in [0.1, 0.15) is 22.8 Å². The third-order valence-corrected chi connectivity index (χ3v) is 10.7. The molecule has 2 saturated heterocycles. The number of piperazine rings is 2. The average Bonchev–Trinajstić information content (AvgIpc) is 3.62. The maximum Gasteiger partial charge on any atom is 0.259 e. The highest BCUT2D eigenvalue weighted by atomic mass is 35.5. The molecule has 4 aromatic rings. The van der Waals surface area contributed by atoms with E-state index in [1.54, 1.807) is 30.1 Å². The predicted molar refractivity (Wildman–Crippen MR) is 238 cm³/mol. The highest BCUT2D eigenvalue weighted by Gasteiger charge is 2.23. The number of anilines is 2. The number of hydrogen-bond donors (Lipinski definition) is 2. The number of unbranched alkanes of at least 4 members (excludes halogenated alkanes) is 2. The number of hydrogen-bond acceptors (Lipinski definition) is 9. The summed E-state index contributed by atoms with van der Waals surface area (Å²) >= 11 is 0. The highest BCUT2D eigenvalue weighted by molar-refractivity contribution is 6.11. The molecule has 1 aromatic heterocycles. The molecule has 3 amide bonds. The first-order valence-corrected chi connectivity index (χ1v) is 19.5. The molecule has 0 saturated carbocycles. The van der Waals surface area contributed by atoms with Gasteiger partial charge in [0.05, 0.1) is 36.2 Å². The minimum absolute atomic E-state index is 0. The van der Waals surface area contributed by atoms with E-state index in [4.69, 9.17) is 14.5 Å². The first-order chi connectivity index (χ1) is 26.6. The molecule has 2 aliphatic heterocycles. The van der Waals surface area contributed by atoms with Crippen molar-refractivity contribution >= 4 is 77.4 Å². The molecule has 3 heterocycles. The third kappa shape index (κ3) is 12.5. The van der Waals surface area contributed by atoms with E-state index in [1.807, 2.05) is 48.2 Å². The molecule has 2 N–H and O–H groups in total. The summed E-state index contributed by atoms with van der Waals surface area (Å²) in [5, 5.41) is 3.01. The van der Waals surface area contributed by atoms with Gasteiger partial charge in [-0.1, -0.05) is 12.1 Å². The van der Waals surface area contributed by atoms with Gasteiger partial charge < -0.3 is 44.3 Å². The summed E-state index contributed by atoms with van der Waals surface area (Å²) in [6.45, 7) is 11.1. The van der Waals surface area contributed by atoms with Crippen LogP contribution in [0.5, 0.6) is 11.5 Å². The van der Waals surface area contributed by atoms with Crippen LogP contribution in [0.25, 0.3) is 11.0 Å². The number of halogens is 3. The van der Waals surface area contributed by atoms with Crippen LogP contribution in [0.4, 0.5) is 11.4 Å². The van der Waals surface area contributed by atoms with E-state index in [1.165, 1.54) is 7.11 Å². The first kappa shape index (κ1) is 48.3. The van der Waals surface area contributed by atoms with Crippen molar-refractivity contribution in [3.8, 4) is 11.5 Å². The molecule has 0 atom stereocenters. The number of benzene rings is 3. The molecule has 13 nitrogen and oxygen atoms in total. The second-order valence-corrected chi connectivity index (χ2v) is 14.8. The van der Waals surface area contributed by atoms with Crippen molar-refractivity contribution in [3.05, 3.63) is 77.1 Å². The smallest absolute Gasteiger partial charge is 0.259 e. The van der Waals surface area contributed by atoms with Crippen LogP contribution in [-0.4, -0.2) is 141 Å². The van der Waals surface area contributed by atoms with Crippen LogP contribution < -0.4 is 19.7 Å². The van der Waals surface area contributed by atoms with E-state index in [0.29, 0.717) is 46.8 Å². The Labute approximate surface area is 361 Å². The number of aromatic amines is 1. The van der Waals surface area contributed by atoms with Gasteiger partial charge in [0.15, 0.2) is 0 Å². The minimum Gasteiger partial charge on any atom is -0.496 e. The van der Waals surface area contributed by atoms with Crippen LogP contribution in [0.1, 0.15) is 57.8 Å². The molecule has 0 radical (unpaired) electrons. The number of carbonyl (C=O) groups excluding carboxylic acids is 3. The summed E-state index contributed by atoms with van der Waals surface area (Å²) in [5.74, 6) is 1.37. The molecule has 0 spiro atoms. The molecule has 0 aliphatic carbocycles. The van der Waals surface area contributed by atoms with Crippen LogP contribution >= 0.6 is 37.2 Å². The first-order valence-electron chi connectivity index (χ1n) is 19.5. The molecule has 3 aromatic carbocycles. The monoisotopic (exact) mass is 860 g/mol. The molecule has 0 unspecified atom stereocenters. The topological polar surface area (TPSA) is 127 Å². The number of aromatic nitrogens is 2. The predicted octanol–water partition coefficient (Wildman–Crippen LogP) is 6.18. The largest absolute Gasteiger partial charge is 0.496 e. The normalized spacial score (nSPS) is 14.8. The van der Waals surface area contributed by atoms with Gasteiger partial charge in [-0.2, -0.15) is 0 Å². The van der Waals surface area contributed by atoms with Crippen LogP contribution in [0.2, 0.25) is 0 Å². The molecule has 6 rings (SSSR count). The number of imidazole rings is 1. The summed E-state index contributed by atoms with van der Waals surface area (Å²) in [6.07, 6.45) is 3.85. The summed E-state index contributed by atoms with van der Waals surface area (Å²) in [4.78, 5) is 58.8. The number of amides is 3. The van der Waals surface area contributed by atoms with Crippen molar-refractivity contribution in [2.75, 3.05) is 104 Å². The van der Waals surface area contributed by atoms with Crippen molar-refractivity contribution in [1.82, 2.24) is 29.6 Å². The molecule has 58 heavy (non-hydrogen) atoms. The van der Waals surface area contributed by atoms with Crippen molar-refractivity contribution in [3.63, 3.8) is 0 Å². The fourth-order valence-corrected chi connectivity index (χ4v) is 7.11. The Morgan fingerprint density at radius 3 is 2.26 bits per heavy atom. The summed E-state index contributed by atoms with van der Waals surface area (Å²) in [7, 11) is 7.43. The van der Waals surface area contributed by atoms with Crippen molar-refractivity contribution < 1.29 is 23.9 Å². The zero-order valence-corrected chi connectivity index (χ0v) is 36.7. The number of carbonyl (C=O) groups is 3. The lowest BCUT2D eigenvalue weighted by atomic mass is 10.1. The molecule has 0 bridgehead atoms. The zero-order valence-electron chi connectivity index (χ0n) is 34.3. The van der Waals surface area contributed by atoms with Gasteiger partial charge in [-0.25, -0.2) is 4.98 Å². The second kappa shape index (κ2) is 22.9. The van der Waals surface area contributed by atoms with Gasteiger partial charge >= 0.3 is 0 Å².